The molecule has 0 amide bonds. The smallest absolute Gasteiger partial charge is 0.356 e. The summed E-state index contributed by atoms with van der Waals surface area (Å²) >= 11 is 0. The Morgan fingerprint density at radius 2 is 2.04 bits per heavy atom. The SMILES string of the molecule is CCOC(=O)c1[nH]ncc1Cn1nc(C)c(-c2ccc(C#N)cc2)c1C. The molecule has 0 saturated carbocycles. The van der Waals surface area contributed by atoms with Crippen molar-refractivity contribution in [2.24, 2.45) is 0 Å². The fraction of sp³-hybridized carbons (Fsp3) is 0.263. The van der Waals surface area contributed by atoms with Crippen LogP contribution in [0.4, 0.5) is 0 Å². The third kappa shape index (κ3) is 3.22. The van der Waals surface area contributed by atoms with Gasteiger partial charge in [0.1, 0.15) is 5.69 Å². The van der Waals surface area contributed by atoms with Gasteiger partial charge in [-0.15, -0.1) is 0 Å². The lowest BCUT2D eigenvalue weighted by Gasteiger charge is -2.07. The number of nitrogens with one attached hydrogen (secondary N) is 1. The number of aryl methyl sites for hydroxylation is 1. The van der Waals surface area contributed by atoms with Gasteiger partial charge in [0.25, 0.3) is 0 Å². The fourth-order valence-corrected chi connectivity index (χ4v) is 2.95. The van der Waals surface area contributed by atoms with E-state index in [1.54, 1.807) is 25.3 Å². The molecule has 0 atom stereocenters. The first-order chi connectivity index (χ1) is 12.5. The van der Waals surface area contributed by atoms with Gasteiger partial charge in [-0.3, -0.25) is 9.78 Å². The molecule has 2 heterocycles. The molecule has 0 fully saturated rings. The number of H-pyrrole nitrogens is 1. The van der Waals surface area contributed by atoms with Crippen molar-refractivity contribution in [3.63, 3.8) is 0 Å². The second kappa shape index (κ2) is 7.23. The number of carbonyl (C=O) groups is 1. The van der Waals surface area contributed by atoms with Gasteiger partial charge in [0.05, 0.1) is 36.7 Å². The van der Waals surface area contributed by atoms with E-state index in [-0.39, 0.29) is 0 Å². The molecule has 0 aliphatic heterocycles. The number of nitriles is 1. The molecular formula is C19H19N5O2. The molecular weight excluding hydrogens is 330 g/mol. The number of aromatic amines is 1. The minimum Gasteiger partial charge on any atom is -0.461 e. The quantitative estimate of drug-likeness (QED) is 0.714. The molecule has 132 valence electrons. The number of esters is 1. The van der Waals surface area contributed by atoms with Gasteiger partial charge in [0.2, 0.25) is 0 Å². The average molecular weight is 349 g/mol. The Morgan fingerprint density at radius 1 is 1.31 bits per heavy atom. The van der Waals surface area contributed by atoms with Gasteiger partial charge in [0.15, 0.2) is 0 Å². The Balaban J connectivity index is 1.93. The van der Waals surface area contributed by atoms with E-state index in [1.165, 1.54) is 0 Å². The molecule has 0 saturated heterocycles. The predicted molar refractivity (Wildman–Crippen MR) is 95.5 cm³/mol. The molecule has 7 nitrogen and oxygen atoms in total. The molecule has 0 aliphatic rings. The zero-order valence-corrected chi connectivity index (χ0v) is 14.9. The molecule has 26 heavy (non-hydrogen) atoms. The van der Waals surface area contributed by atoms with E-state index in [0.29, 0.717) is 24.4 Å². The maximum Gasteiger partial charge on any atom is 0.356 e. The minimum absolute atomic E-state index is 0.306. The van der Waals surface area contributed by atoms with Crippen LogP contribution in [0.2, 0.25) is 0 Å². The van der Waals surface area contributed by atoms with Gasteiger partial charge in [-0.05, 0) is 38.5 Å². The molecule has 3 rings (SSSR count). The number of benzene rings is 1. The van der Waals surface area contributed by atoms with Crippen LogP contribution in [0.25, 0.3) is 11.1 Å². The number of hydrogen-bond acceptors (Lipinski definition) is 5. The van der Waals surface area contributed by atoms with Crippen molar-refractivity contribution in [3.8, 4) is 17.2 Å². The Morgan fingerprint density at radius 3 is 2.69 bits per heavy atom. The van der Waals surface area contributed by atoms with E-state index in [9.17, 15) is 4.79 Å². The highest BCUT2D eigenvalue weighted by Gasteiger charge is 2.18. The third-order valence-electron chi connectivity index (χ3n) is 4.20. The van der Waals surface area contributed by atoms with E-state index in [1.807, 2.05) is 30.7 Å². The zero-order valence-electron chi connectivity index (χ0n) is 14.9. The lowest BCUT2D eigenvalue weighted by molar-refractivity contribution is 0.0518. The summed E-state index contributed by atoms with van der Waals surface area (Å²) in [5.74, 6) is -0.422. The topological polar surface area (TPSA) is 96.6 Å². The maximum atomic E-state index is 12.0. The lowest BCUT2D eigenvalue weighted by atomic mass is 10.0. The summed E-state index contributed by atoms with van der Waals surface area (Å²) in [6.45, 7) is 6.41. The fourth-order valence-electron chi connectivity index (χ4n) is 2.95. The molecule has 2 aromatic heterocycles. The second-order valence-corrected chi connectivity index (χ2v) is 5.88. The van der Waals surface area contributed by atoms with Gasteiger partial charge in [-0.25, -0.2) is 4.79 Å². The molecule has 3 aromatic rings. The van der Waals surface area contributed by atoms with Crippen LogP contribution in [0, 0.1) is 25.2 Å². The number of carbonyl (C=O) groups excluding carboxylic acids is 1. The summed E-state index contributed by atoms with van der Waals surface area (Å²) in [5.41, 5.74) is 5.57. The summed E-state index contributed by atoms with van der Waals surface area (Å²) < 4.78 is 6.89. The average Bonchev–Trinajstić information content (AvgIpc) is 3.20. The first kappa shape index (κ1) is 17.4. The first-order valence-electron chi connectivity index (χ1n) is 8.29. The van der Waals surface area contributed by atoms with Crippen molar-refractivity contribution < 1.29 is 9.53 Å². The summed E-state index contributed by atoms with van der Waals surface area (Å²) in [7, 11) is 0. The Labute approximate surface area is 151 Å². The van der Waals surface area contributed by atoms with E-state index < -0.39 is 5.97 Å². The van der Waals surface area contributed by atoms with Gasteiger partial charge >= 0.3 is 5.97 Å². The van der Waals surface area contributed by atoms with Gasteiger partial charge in [-0.1, -0.05) is 12.1 Å². The van der Waals surface area contributed by atoms with Gasteiger partial charge < -0.3 is 4.74 Å². The van der Waals surface area contributed by atoms with Crippen molar-refractivity contribution in [2.45, 2.75) is 27.3 Å². The van der Waals surface area contributed by atoms with Crippen molar-refractivity contribution in [1.29, 1.82) is 5.26 Å². The molecule has 0 unspecified atom stereocenters. The monoisotopic (exact) mass is 349 g/mol. The normalized spacial score (nSPS) is 10.5. The van der Waals surface area contributed by atoms with Crippen LogP contribution < -0.4 is 0 Å². The summed E-state index contributed by atoms with van der Waals surface area (Å²) in [6.07, 6.45) is 1.62. The Hall–Kier alpha value is -3.40. The Bertz CT molecular complexity index is 977. The van der Waals surface area contributed by atoms with Crippen LogP contribution in [0.5, 0.6) is 0 Å². The summed E-state index contributed by atoms with van der Waals surface area (Å²) in [4.78, 5) is 12.0. The van der Waals surface area contributed by atoms with E-state index in [0.717, 1.165) is 28.1 Å². The lowest BCUT2D eigenvalue weighted by Crippen LogP contribution is -2.11. The number of nitrogens with zero attached hydrogens (tertiary/aromatic N) is 4. The number of aromatic nitrogens is 4. The summed E-state index contributed by atoms with van der Waals surface area (Å²) in [5, 5.41) is 20.2. The zero-order chi connectivity index (χ0) is 18.7. The number of hydrogen-bond donors (Lipinski definition) is 1. The maximum absolute atomic E-state index is 12.0. The molecule has 7 heteroatoms. The number of ether oxygens (including phenoxy) is 1. The van der Waals surface area contributed by atoms with E-state index in [4.69, 9.17) is 10.00 Å². The van der Waals surface area contributed by atoms with Crippen LogP contribution in [0.15, 0.2) is 30.5 Å². The largest absolute Gasteiger partial charge is 0.461 e. The second-order valence-electron chi connectivity index (χ2n) is 5.88. The minimum atomic E-state index is -0.422. The van der Waals surface area contributed by atoms with Crippen LogP contribution in [-0.2, 0) is 11.3 Å². The van der Waals surface area contributed by atoms with Crippen molar-refractivity contribution in [1.82, 2.24) is 20.0 Å². The Kier molecular flexibility index (Phi) is 4.85. The highest BCUT2D eigenvalue weighted by molar-refractivity contribution is 5.88. The highest BCUT2D eigenvalue weighted by atomic mass is 16.5. The highest BCUT2D eigenvalue weighted by Crippen LogP contribution is 2.27. The van der Waals surface area contributed by atoms with Crippen LogP contribution >= 0.6 is 0 Å². The molecule has 0 aliphatic carbocycles. The van der Waals surface area contributed by atoms with Crippen molar-refractivity contribution >= 4 is 5.97 Å². The van der Waals surface area contributed by atoms with Crippen molar-refractivity contribution in [2.75, 3.05) is 6.61 Å². The van der Waals surface area contributed by atoms with E-state index in [2.05, 4.69) is 21.4 Å². The van der Waals surface area contributed by atoms with Crippen LogP contribution in [0.1, 0.15) is 39.9 Å². The molecule has 0 bridgehead atoms. The van der Waals surface area contributed by atoms with Gasteiger partial charge in [-0.2, -0.15) is 15.5 Å². The van der Waals surface area contributed by atoms with E-state index >= 15 is 0 Å². The predicted octanol–water partition coefficient (Wildman–Crippen LogP) is 2.99. The third-order valence-corrected chi connectivity index (χ3v) is 4.20. The molecule has 1 aromatic carbocycles. The van der Waals surface area contributed by atoms with Crippen molar-refractivity contribution in [3.05, 3.63) is 58.7 Å². The molecule has 0 radical (unpaired) electrons. The van der Waals surface area contributed by atoms with Gasteiger partial charge in [0, 0.05) is 16.8 Å². The molecule has 0 spiro atoms. The number of rotatable bonds is 5. The first-order valence-corrected chi connectivity index (χ1v) is 8.29. The summed E-state index contributed by atoms with van der Waals surface area (Å²) in [6, 6.07) is 9.54. The standard InChI is InChI=1S/C19H19N5O2/c1-4-26-19(25)18-16(10-21-22-18)11-24-13(3)17(12(2)23-24)15-7-5-14(9-20)6-8-15/h5-8,10H,4,11H2,1-3H3,(H,21,22). The van der Waals surface area contributed by atoms with Crippen LogP contribution in [-0.4, -0.2) is 32.6 Å². The van der Waals surface area contributed by atoms with Crippen LogP contribution in [0.3, 0.4) is 0 Å². The molecule has 1 N–H and O–H groups in total.